The average Bonchev–Trinajstić information content (AvgIpc) is 2.60. The fourth-order valence-corrected chi connectivity index (χ4v) is 1.66. The molecule has 1 amide bonds. The summed E-state index contributed by atoms with van der Waals surface area (Å²) in [5, 5.41) is 5.90. The molecule has 1 aromatic rings. The van der Waals surface area contributed by atoms with Gasteiger partial charge in [-0.1, -0.05) is 0 Å². The second-order valence-electron chi connectivity index (χ2n) is 3.12. The molecule has 0 atom stereocenters. The van der Waals surface area contributed by atoms with Crippen LogP contribution in [0.25, 0.3) is 0 Å². The van der Waals surface area contributed by atoms with E-state index < -0.39 is 0 Å². The van der Waals surface area contributed by atoms with E-state index in [1.54, 1.807) is 7.05 Å². The van der Waals surface area contributed by atoms with Crippen LogP contribution in [0.5, 0.6) is 0 Å². The van der Waals surface area contributed by atoms with Crippen molar-refractivity contribution >= 4 is 5.91 Å². The summed E-state index contributed by atoms with van der Waals surface area (Å²) in [6.45, 7) is 2.67. The van der Waals surface area contributed by atoms with E-state index >= 15 is 0 Å². The molecule has 4 heteroatoms. The second kappa shape index (κ2) is 3.22. The van der Waals surface area contributed by atoms with E-state index in [0.29, 0.717) is 0 Å². The fourth-order valence-electron chi connectivity index (χ4n) is 1.66. The molecule has 0 fully saturated rings. The lowest BCUT2D eigenvalue weighted by atomic mass is 10.3. The van der Waals surface area contributed by atoms with Crippen LogP contribution in [-0.4, -0.2) is 24.1 Å². The molecule has 0 aromatic carbocycles. The second-order valence-corrected chi connectivity index (χ2v) is 3.12. The van der Waals surface area contributed by atoms with Gasteiger partial charge in [-0.05, 0) is 12.1 Å². The SMILES string of the molecule is CNC(=O)c1ccc2n1CCNC2. The molecule has 4 nitrogen and oxygen atoms in total. The van der Waals surface area contributed by atoms with Crippen LogP contribution in [0.1, 0.15) is 16.2 Å². The first kappa shape index (κ1) is 8.31. The first-order valence-electron chi connectivity index (χ1n) is 4.44. The summed E-state index contributed by atoms with van der Waals surface area (Å²) in [5.41, 5.74) is 1.95. The summed E-state index contributed by atoms with van der Waals surface area (Å²) in [5.74, 6) is -0.00634. The molecular weight excluding hydrogens is 166 g/mol. The Morgan fingerprint density at radius 1 is 1.62 bits per heavy atom. The molecule has 13 heavy (non-hydrogen) atoms. The quantitative estimate of drug-likeness (QED) is 0.635. The largest absolute Gasteiger partial charge is 0.354 e. The standard InChI is InChI=1S/C9H13N3O/c1-10-9(13)8-3-2-7-6-11-4-5-12(7)8/h2-3,11H,4-6H2,1H3,(H,10,13). The third kappa shape index (κ3) is 1.33. The lowest BCUT2D eigenvalue weighted by Crippen LogP contribution is -2.31. The summed E-state index contributed by atoms with van der Waals surface area (Å²) in [6, 6.07) is 3.87. The van der Waals surface area contributed by atoms with Crippen molar-refractivity contribution in [3.63, 3.8) is 0 Å². The van der Waals surface area contributed by atoms with Gasteiger partial charge in [-0.3, -0.25) is 4.79 Å². The minimum atomic E-state index is -0.00634. The van der Waals surface area contributed by atoms with Gasteiger partial charge < -0.3 is 15.2 Å². The number of nitrogens with one attached hydrogen (secondary N) is 2. The van der Waals surface area contributed by atoms with Gasteiger partial charge in [-0.25, -0.2) is 0 Å². The van der Waals surface area contributed by atoms with Crippen molar-refractivity contribution in [1.29, 1.82) is 0 Å². The molecule has 0 spiro atoms. The third-order valence-electron chi connectivity index (χ3n) is 2.35. The molecule has 2 rings (SSSR count). The number of aromatic nitrogens is 1. The van der Waals surface area contributed by atoms with Crippen LogP contribution >= 0.6 is 0 Å². The predicted octanol–water partition coefficient (Wildman–Crippen LogP) is -0.0491. The lowest BCUT2D eigenvalue weighted by Gasteiger charge is -2.18. The summed E-state index contributed by atoms with van der Waals surface area (Å²) in [7, 11) is 1.66. The molecule has 1 aliphatic rings. The highest BCUT2D eigenvalue weighted by molar-refractivity contribution is 5.92. The lowest BCUT2D eigenvalue weighted by molar-refractivity contribution is 0.0953. The van der Waals surface area contributed by atoms with Gasteiger partial charge in [-0.15, -0.1) is 0 Å². The molecule has 0 saturated carbocycles. The molecule has 70 valence electrons. The van der Waals surface area contributed by atoms with Gasteiger partial charge in [0.1, 0.15) is 5.69 Å². The fraction of sp³-hybridized carbons (Fsp3) is 0.444. The summed E-state index contributed by atoms with van der Waals surface area (Å²) in [6.07, 6.45) is 0. The van der Waals surface area contributed by atoms with Gasteiger partial charge in [0.25, 0.3) is 5.91 Å². The Morgan fingerprint density at radius 3 is 3.23 bits per heavy atom. The van der Waals surface area contributed by atoms with Crippen molar-refractivity contribution in [3.05, 3.63) is 23.5 Å². The van der Waals surface area contributed by atoms with Crippen LogP contribution in [0.15, 0.2) is 12.1 Å². The van der Waals surface area contributed by atoms with E-state index in [1.807, 2.05) is 12.1 Å². The Bertz CT molecular complexity index is 330. The molecule has 0 radical (unpaired) electrons. The van der Waals surface area contributed by atoms with Crippen molar-refractivity contribution in [1.82, 2.24) is 15.2 Å². The van der Waals surface area contributed by atoms with E-state index in [1.165, 1.54) is 5.69 Å². The normalized spacial score (nSPS) is 15.2. The van der Waals surface area contributed by atoms with Gasteiger partial charge in [-0.2, -0.15) is 0 Å². The summed E-state index contributed by atoms with van der Waals surface area (Å²) in [4.78, 5) is 11.4. The maximum atomic E-state index is 11.4. The summed E-state index contributed by atoms with van der Waals surface area (Å²) < 4.78 is 2.06. The number of amides is 1. The van der Waals surface area contributed by atoms with Gasteiger partial charge in [0.2, 0.25) is 0 Å². The van der Waals surface area contributed by atoms with Crippen LogP contribution in [0.2, 0.25) is 0 Å². The minimum Gasteiger partial charge on any atom is -0.354 e. The molecule has 2 heterocycles. The highest BCUT2D eigenvalue weighted by atomic mass is 16.1. The van der Waals surface area contributed by atoms with Crippen molar-refractivity contribution in [3.8, 4) is 0 Å². The van der Waals surface area contributed by atoms with Crippen molar-refractivity contribution in [2.24, 2.45) is 0 Å². The van der Waals surface area contributed by atoms with E-state index in [2.05, 4.69) is 15.2 Å². The number of fused-ring (bicyclic) bond motifs is 1. The molecule has 1 aliphatic heterocycles. The molecule has 0 saturated heterocycles. The average molecular weight is 179 g/mol. The van der Waals surface area contributed by atoms with Gasteiger partial charge in [0.15, 0.2) is 0 Å². The molecule has 0 bridgehead atoms. The third-order valence-corrected chi connectivity index (χ3v) is 2.35. The zero-order valence-electron chi connectivity index (χ0n) is 7.63. The molecule has 0 aliphatic carbocycles. The zero-order valence-corrected chi connectivity index (χ0v) is 7.63. The zero-order chi connectivity index (χ0) is 9.26. The number of nitrogens with zero attached hydrogens (tertiary/aromatic N) is 1. The Labute approximate surface area is 76.9 Å². The van der Waals surface area contributed by atoms with Crippen LogP contribution < -0.4 is 10.6 Å². The van der Waals surface area contributed by atoms with E-state index in [0.717, 1.165) is 25.3 Å². The van der Waals surface area contributed by atoms with Gasteiger partial charge in [0.05, 0.1) is 0 Å². The first-order valence-corrected chi connectivity index (χ1v) is 4.44. The molecule has 2 N–H and O–H groups in total. The van der Waals surface area contributed by atoms with Crippen molar-refractivity contribution in [2.45, 2.75) is 13.1 Å². The minimum absolute atomic E-state index is 0.00634. The Balaban J connectivity index is 2.36. The number of hydrogen-bond donors (Lipinski definition) is 2. The Hall–Kier alpha value is -1.29. The smallest absolute Gasteiger partial charge is 0.267 e. The van der Waals surface area contributed by atoms with Crippen molar-refractivity contribution in [2.75, 3.05) is 13.6 Å². The Morgan fingerprint density at radius 2 is 2.46 bits per heavy atom. The number of hydrogen-bond acceptors (Lipinski definition) is 2. The first-order chi connectivity index (χ1) is 6.33. The maximum absolute atomic E-state index is 11.4. The molecule has 1 aromatic heterocycles. The van der Waals surface area contributed by atoms with E-state index in [9.17, 15) is 4.79 Å². The number of carbonyl (C=O) groups excluding carboxylic acids is 1. The van der Waals surface area contributed by atoms with Gasteiger partial charge >= 0.3 is 0 Å². The van der Waals surface area contributed by atoms with Crippen molar-refractivity contribution < 1.29 is 4.79 Å². The Kier molecular flexibility index (Phi) is 2.06. The van der Waals surface area contributed by atoms with Crippen LogP contribution in [0, 0.1) is 0 Å². The monoisotopic (exact) mass is 179 g/mol. The number of carbonyl (C=O) groups is 1. The van der Waals surface area contributed by atoms with E-state index in [4.69, 9.17) is 0 Å². The van der Waals surface area contributed by atoms with Crippen LogP contribution in [-0.2, 0) is 13.1 Å². The summed E-state index contributed by atoms with van der Waals surface area (Å²) >= 11 is 0. The topological polar surface area (TPSA) is 46.1 Å². The maximum Gasteiger partial charge on any atom is 0.267 e. The molecule has 0 unspecified atom stereocenters. The highest BCUT2D eigenvalue weighted by Gasteiger charge is 2.15. The van der Waals surface area contributed by atoms with Gasteiger partial charge in [0, 0.05) is 32.4 Å². The van der Waals surface area contributed by atoms with Crippen LogP contribution in [0.4, 0.5) is 0 Å². The highest BCUT2D eigenvalue weighted by Crippen LogP contribution is 2.11. The predicted molar refractivity (Wildman–Crippen MR) is 49.5 cm³/mol. The van der Waals surface area contributed by atoms with E-state index in [-0.39, 0.29) is 5.91 Å². The van der Waals surface area contributed by atoms with Crippen LogP contribution in [0.3, 0.4) is 0 Å². The number of rotatable bonds is 1. The molecular formula is C9H13N3O.